The summed E-state index contributed by atoms with van der Waals surface area (Å²) in [6.45, 7) is 12.1. The molecule has 1 aliphatic carbocycles. The molecule has 0 atom stereocenters. The van der Waals surface area contributed by atoms with Crippen LogP contribution in [-0.4, -0.2) is 4.98 Å². The highest BCUT2D eigenvalue weighted by molar-refractivity contribution is 5.86. The SMILES string of the molecule is C=Cc1[nH]c2c(c1/C=C\C)C=CCc1cc(CCC(=C)C)ccc1-2. The Bertz CT molecular complexity index is 843. The van der Waals surface area contributed by atoms with Gasteiger partial charge in [0.2, 0.25) is 0 Å². The summed E-state index contributed by atoms with van der Waals surface area (Å²) in [5.41, 5.74) is 10.1. The quantitative estimate of drug-likeness (QED) is 0.611. The van der Waals surface area contributed by atoms with E-state index in [2.05, 4.69) is 74.5 Å². The molecule has 1 aromatic heterocycles. The van der Waals surface area contributed by atoms with Crippen LogP contribution in [0.5, 0.6) is 0 Å². The molecule has 3 rings (SSSR count). The van der Waals surface area contributed by atoms with Crippen molar-refractivity contribution in [2.45, 2.75) is 33.1 Å². The molecule has 0 spiro atoms. The minimum Gasteiger partial charge on any atom is -0.354 e. The maximum Gasteiger partial charge on any atom is 0.0541 e. The molecule has 1 N–H and O–H groups in total. The minimum atomic E-state index is 0.970. The van der Waals surface area contributed by atoms with Crippen molar-refractivity contribution >= 4 is 18.2 Å². The number of rotatable bonds is 5. The van der Waals surface area contributed by atoms with Crippen LogP contribution < -0.4 is 0 Å². The van der Waals surface area contributed by atoms with E-state index in [0.717, 1.165) is 25.0 Å². The maximum atomic E-state index is 4.01. The Labute approximate surface area is 145 Å². The van der Waals surface area contributed by atoms with Gasteiger partial charge in [-0.3, -0.25) is 0 Å². The van der Waals surface area contributed by atoms with E-state index in [1.165, 1.54) is 39.1 Å². The van der Waals surface area contributed by atoms with Crippen molar-refractivity contribution in [1.82, 2.24) is 4.98 Å². The fourth-order valence-electron chi connectivity index (χ4n) is 3.32. The lowest BCUT2D eigenvalue weighted by Crippen LogP contribution is -1.93. The Morgan fingerprint density at radius 1 is 1.33 bits per heavy atom. The average molecular weight is 315 g/mol. The minimum absolute atomic E-state index is 0.970. The summed E-state index contributed by atoms with van der Waals surface area (Å²) in [6.07, 6.45) is 13.7. The molecule has 0 aliphatic heterocycles. The molecule has 0 fully saturated rings. The molecule has 1 aliphatic rings. The van der Waals surface area contributed by atoms with Crippen LogP contribution >= 0.6 is 0 Å². The van der Waals surface area contributed by atoms with Gasteiger partial charge in [0.1, 0.15) is 0 Å². The van der Waals surface area contributed by atoms with Crippen molar-refractivity contribution in [3.8, 4) is 11.3 Å². The number of hydrogen-bond donors (Lipinski definition) is 1. The van der Waals surface area contributed by atoms with Crippen LogP contribution in [0.4, 0.5) is 0 Å². The molecule has 24 heavy (non-hydrogen) atoms. The summed E-state index contributed by atoms with van der Waals surface area (Å²) < 4.78 is 0. The van der Waals surface area contributed by atoms with Gasteiger partial charge in [-0.15, -0.1) is 6.58 Å². The van der Waals surface area contributed by atoms with E-state index in [9.17, 15) is 0 Å². The first-order chi connectivity index (χ1) is 11.6. The highest BCUT2D eigenvalue weighted by Crippen LogP contribution is 2.36. The van der Waals surface area contributed by atoms with E-state index in [1.54, 1.807) is 0 Å². The fraction of sp³-hybridized carbons (Fsp3) is 0.217. The zero-order valence-corrected chi connectivity index (χ0v) is 14.7. The molecule has 1 heteroatoms. The summed E-state index contributed by atoms with van der Waals surface area (Å²) in [7, 11) is 0. The van der Waals surface area contributed by atoms with Gasteiger partial charge in [0, 0.05) is 22.4 Å². The first kappa shape index (κ1) is 16.3. The first-order valence-electron chi connectivity index (χ1n) is 8.58. The number of aromatic amines is 1. The topological polar surface area (TPSA) is 15.8 Å². The summed E-state index contributed by atoms with van der Waals surface area (Å²) >= 11 is 0. The van der Waals surface area contributed by atoms with Gasteiger partial charge in [-0.1, -0.05) is 54.7 Å². The van der Waals surface area contributed by atoms with Crippen LogP contribution in [-0.2, 0) is 12.8 Å². The molecule has 122 valence electrons. The third-order valence-corrected chi connectivity index (χ3v) is 4.55. The van der Waals surface area contributed by atoms with Crippen molar-refractivity contribution in [3.05, 3.63) is 77.0 Å². The zero-order chi connectivity index (χ0) is 17.1. The Hall–Kier alpha value is -2.54. The lowest BCUT2D eigenvalue weighted by atomic mass is 9.96. The molecule has 1 heterocycles. The van der Waals surface area contributed by atoms with Crippen LogP contribution in [0, 0.1) is 0 Å². The Morgan fingerprint density at radius 2 is 2.17 bits per heavy atom. The molecular weight excluding hydrogens is 290 g/mol. The summed E-state index contributed by atoms with van der Waals surface area (Å²) in [5.74, 6) is 0. The maximum absolute atomic E-state index is 4.01. The molecule has 1 nitrogen and oxygen atoms in total. The molecule has 0 amide bonds. The standard InChI is InChI=1S/C23H25N/c1-5-8-20-21-10-7-9-18-15-17(12-11-16(3)4)13-14-19(18)23(21)24-22(20)6-2/h5-8,10,13-15,24H,2-3,9,11-12H2,1,4H3/b8-5-. The normalized spacial score (nSPS) is 12.8. The molecule has 1 aromatic carbocycles. The van der Waals surface area contributed by atoms with Crippen molar-refractivity contribution in [2.75, 3.05) is 0 Å². The second kappa shape index (κ2) is 6.92. The summed E-state index contributed by atoms with van der Waals surface area (Å²) in [6, 6.07) is 6.86. The molecule has 0 bridgehead atoms. The van der Waals surface area contributed by atoms with Gasteiger partial charge in [-0.25, -0.2) is 0 Å². The number of benzene rings is 1. The van der Waals surface area contributed by atoms with E-state index in [0.29, 0.717) is 0 Å². The molecule has 0 saturated carbocycles. The number of allylic oxidation sites excluding steroid dienone is 3. The third-order valence-electron chi connectivity index (χ3n) is 4.55. The van der Waals surface area contributed by atoms with Gasteiger partial charge < -0.3 is 4.98 Å². The number of H-pyrrole nitrogens is 1. The van der Waals surface area contributed by atoms with Gasteiger partial charge in [0.15, 0.2) is 0 Å². The van der Waals surface area contributed by atoms with Crippen LogP contribution in [0.15, 0.2) is 49.1 Å². The van der Waals surface area contributed by atoms with Crippen molar-refractivity contribution in [3.63, 3.8) is 0 Å². The predicted octanol–water partition coefficient (Wildman–Crippen LogP) is 6.44. The molecular formula is C23H25N. The van der Waals surface area contributed by atoms with E-state index in [4.69, 9.17) is 0 Å². The number of fused-ring (bicyclic) bond motifs is 3. The van der Waals surface area contributed by atoms with Gasteiger partial charge >= 0.3 is 0 Å². The second-order valence-electron chi connectivity index (χ2n) is 6.50. The first-order valence-corrected chi connectivity index (χ1v) is 8.58. The Morgan fingerprint density at radius 3 is 2.88 bits per heavy atom. The van der Waals surface area contributed by atoms with E-state index >= 15 is 0 Å². The van der Waals surface area contributed by atoms with Crippen LogP contribution in [0.2, 0.25) is 0 Å². The predicted molar refractivity (Wildman–Crippen MR) is 107 cm³/mol. The van der Waals surface area contributed by atoms with Crippen LogP contribution in [0.1, 0.15) is 48.2 Å². The van der Waals surface area contributed by atoms with E-state index < -0.39 is 0 Å². The van der Waals surface area contributed by atoms with Gasteiger partial charge in [-0.2, -0.15) is 0 Å². The van der Waals surface area contributed by atoms with Crippen molar-refractivity contribution in [1.29, 1.82) is 0 Å². The highest BCUT2D eigenvalue weighted by atomic mass is 14.7. The van der Waals surface area contributed by atoms with Gasteiger partial charge in [0.25, 0.3) is 0 Å². The largest absolute Gasteiger partial charge is 0.354 e. The summed E-state index contributed by atoms with van der Waals surface area (Å²) in [4.78, 5) is 3.57. The average Bonchev–Trinajstić information content (AvgIpc) is 2.81. The molecule has 0 radical (unpaired) electrons. The zero-order valence-electron chi connectivity index (χ0n) is 14.7. The van der Waals surface area contributed by atoms with Crippen molar-refractivity contribution < 1.29 is 0 Å². The monoisotopic (exact) mass is 315 g/mol. The lowest BCUT2D eigenvalue weighted by Gasteiger charge is -2.09. The Balaban J connectivity index is 2.08. The number of nitrogens with one attached hydrogen (secondary N) is 1. The van der Waals surface area contributed by atoms with Gasteiger partial charge in [-0.05, 0) is 50.3 Å². The number of aromatic nitrogens is 1. The third kappa shape index (κ3) is 3.07. The van der Waals surface area contributed by atoms with Crippen molar-refractivity contribution in [2.24, 2.45) is 0 Å². The smallest absolute Gasteiger partial charge is 0.0541 e. The Kier molecular flexibility index (Phi) is 4.71. The van der Waals surface area contributed by atoms with E-state index in [-0.39, 0.29) is 0 Å². The number of hydrogen-bond acceptors (Lipinski definition) is 0. The second-order valence-corrected chi connectivity index (χ2v) is 6.50. The molecule has 0 saturated heterocycles. The molecule has 0 unspecified atom stereocenters. The van der Waals surface area contributed by atoms with E-state index in [1.807, 2.05) is 6.08 Å². The van der Waals surface area contributed by atoms with Crippen LogP contribution in [0.25, 0.3) is 29.5 Å². The fourth-order valence-corrected chi connectivity index (χ4v) is 3.32. The highest BCUT2D eigenvalue weighted by Gasteiger charge is 2.18. The summed E-state index contributed by atoms with van der Waals surface area (Å²) in [5, 5.41) is 0. The van der Waals surface area contributed by atoms with Crippen LogP contribution in [0.3, 0.4) is 0 Å². The molecule has 2 aromatic rings. The van der Waals surface area contributed by atoms with Gasteiger partial charge in [0.05, 0.1) is 5.69 Å². The number of aryl methyl sites for hydroxylation is 1. The lowest BCUT2D eigenvalue weighted by molar-refractivity contribution is 0.943.